The molecular weight excluding hydrogens is 355 g/mol. The molecule has 1 saturated heterocycles. The number of likely N-dealkylation sites (tertiary alicyclic amines) is 1. The summed E-state index contributed by atoms with van der Waals surface area (Å²) < 4.78 is 13.4. The van der Waals surface area contributed by atoms with Crippen LogP contribution in [0.3, 0.4) is 0 Å². The van der Waals surface area contributed by atoms with Gasteiger partial charge in [0.05, 0.1) is 0 Å². The van der Waals surface area contributed by atoms with Crippen molar-refractivity contribution in [1.29, 1.82) is 0 Å². The van der Waals surface area contributed by atoms with Gasteiger partial charge in [-0.05, 0) is 37.0 Å². The number of carbonyl (C=O) groups is 1. The summed E-state index contributed by atoms with van der Waals surface area (Å²) in [5.41, 5.74) is 1.22. The van der Waals surface area contributed by atoms with Gasteiger partial charge < -0.3 is 15.5 Å². The molecule has 1 aliphatic carbocycles. The van der Waals surface area contributed by atoms with Crippen LogP contribution in [0.4, 0.5) is 4.39 Å². The van der Waals surface area contributed by atoms with E-state index in [-0.39, 0.29) is 23.2 Å². The van der Waals surface area contributed by atoms with Gasteiger partial charge in [-0.25, -0.2) is 4.39 Å². The first kappa shape index (κ1) is 20.6. The van der Waals surface area contributed by atoms with Gasteiger partial charge in [0.15, 0.2) is 5.96 Å². The summed E-state index contributed by atoms with van der Waals surface area (Å²) in [6, 6.07) is 7.23. The van der Waals surface area contributed by atoms with Crippen LogP contribution in [-0.4, -0.2) is 49.5 Å². The number of hydrogen-bond donors (Lipinski definition) is 2. The van der Waals surface area contributed by atoms with Gasteiger partial charge in [-0.1, -0.05) is 38.3 Å². The molecule has 1 unspecified atom stereocenters. The summed E-state index contributed by atoms with van der Waals surface area (Å²) in [7, 11) is 1.78. The first-order valence-corrected chi connectivity index (χ1v) is 10.6. The molecule has 2 aliphatic rings. The second-order valence-electron chi connectivity index (χ2n) is 8.10. The molecule has 1 aliphatic heterocycles. The Hall–Kier alpha value is -2.11. The van der Waals surface area contributed by atoms with Crippen LogP contribution in [-0.2, 0) is 10.2 Å². The predicted octanol–water partition coefficient (Wildman–Crippen LogP) is 3.20. The first-order valence-electron chi connectivity index (χ1n) is 10.6. The van der Waals surface area contributed by atoms with Crippen LogP contribution >= 0.6 is 0 Å². The Labute approximate surface area is 167 Å². The lowest BCUT2D eigenvalue weighted by Gasteiger charge is -2.38. The molecule has 3 rings (SSSR count). The number of nitrogens with zero attached hydrogens (tertiary/aromatic N) is 2. The molecule has 0 radical (unpaired) electrons. The molecule has 5 nitrogen and oxygen atoms in total. The van der Waals surface area contributed by atoms with Crippen LogP contribution in [0.1, 0.15) is 57.4 Å². The van der Waals surface area contributed by atoms with Crippen molar-refractivity contribution in [3.05, 3.63) is 35.6 Å². The van der Waals surface area contributed by atoms with Crippen LogP contribution in [0.2, 0.25) is 0 Å². The Kier molecular flexibility index (Phi) is 6.92. The summed E-state index contributed by atoms with van der Waals surface area (Å²) in [5.74, 6) is 0.806. The SMILES string of the molecule is CCC(=O)N1CCC(NC(=NC)NCC2(c3ccc(F)cc3)CCCCC2)C1. The molecule has 2 N–H and O–H groups in total. The summed E-state index contributed by atoms with van der Waals surface area (Å²) >= 11 is 0. The van der Waals surface area contributed by atoms with E-state index in [1.807, 2.05) is 24.0 Å². The molecule has 1 atom stereocenters. The van der Waals surface area contributed by atoms with Crippen molar-refractivity contribution in [1.82, 2.24) is 15.5 Å². The average molecular weight is 389 g/mol. The summed E-state index contributed by atoms with van der Waals surface area (Å²) in [6.07, 6.45) is 7.36. The molecule has 2 fully saturated rings. The number of guanidine groups is 1. The maximum atomic E-state index is 13.4. The van der Waals surface area contributed by atoms with E-state index in [0.717, 1.165) is 44.9 Å². The Morgan fingerprint density at radius 2 is 1.96 bits per heavy atom. The van der Waals surface area contributed by atoms with Gasteiger partial charge in [0.25, 0.3) is 0 Å². The van der Waals surface area contributed by atoms with Gasteiger partial charge in [-0.15, -0.1) is 0 Å². The standard InChI is InChI=1S/C22H33FN4O/c1-3-20(28)27-14-11-19(15-27)26-21(24-2)25-16-22(12-5-4-6-13-22)17-7-9-18(23)10-8-17/h7-10,19H,3-6,11-16H2,1-2H3,(H2,24,25,26). The quantitative estimate of drug-likeness (QED) is 0.602. The van der Waals surface area contributed by atoms with E-state index in [1.165, 1.54) is 24.8 Å². The largest absolute Gasteiger partial charge is 0.356 e. The molecule has 1 saturated carbocycles. The highest BCUT2D eigenvalue weighted by Gasteiger charge is 2.34. The van der Waals surface area contributed by atoms with Crippen molar-refractivity contribution in [2.75, 3.05) is 26.7 Å². The number of carbonyl (C=O) groups excluding carboxylic acids is 1. The molecule has 1 amide bonds. The summed E-state index contributed by atoms with van der Waals surface area (Å²) in [4.78, 5) is 18.2. The number of nitrogens with one attached hydrogen (secondary N) is 2. The Morgan fingerprint density at radius 1 is 1.25 bits per heavy atom. The number of rotatable bonds is 5. The fourth-order valence-electron chi connectivity index (χ4n) is 4.57. The van der Waals surface area contributed by atoms with Crippen LogP contribution < -0.4 is 10.6 Å². The Morgan fingerprint density at radius 3 is 2.61 bits per heavy atom. The zero-order chi connectivity index (χ0) is 20.0. The molecule has 28 heavy (non-hydrogen) atoms. The molecule has 6 heteroatoms. The maximum Gasteiger partial charge on any atom is 0.222 e. The van der Waals surface area contributed by atoms with Gasteiger partial charge in [0.1, 0.15) is 5.82 Å². The lowest BCUT2D eigenvalue weighted by molar-refractivity contribution is -0.129. The van der Waals surface area contributed by atoms with Gasteiger partial charge in [-0.3, -0.25) is 9.79 Å². The number of halogens is 1. The van der Waals surface area contributed by atoms with Gasteiger partial charge >= 0.3 is 0 Å². The fraction of sp³-hybridized carbons (Fsp3) is 0.636. The van der Waals surface area contributed by atoms with E-state index in [4.69, 9.17) is 0 Å². The van der Waals surface area contributed by atoms with Crippen molar-refractivity contribution in [2.45, 2.75) is 63.3 Å². The molecule has 0 spiro atoms. The number of hydrogen-bond acceptors (Lipinski definition) is 2. The molecule has 1 aromatic carbocycles. The zero-order valence-corrected chi connectivity index (χ0v) is 17.1. The van der Waals surface area contributed by atoms with E-state index >= 15 is 0 Å². The first-order chi connectivity index (χ1) is 13.6. The van der Waals surface area contributed by atoms with Crippen molar-refractivity contribution in [3.8, 4) is 0 Å². The molecule has 1 aromatic rings. The number of amides is 1. The van der Waals surface area contributed by atoms with Crippen molar-refractivity contribution in [2.24, 2.45) is 4.99 Å². The third-order valence-corrected chi connectivity index (χ3v) is 6.27. The highest BCUT2D eigenvalue weighted by Crippen LogP contribution is 2.39. The summed E-state index contributed by atoms with van der Waals surface area (Å²) in [5, 5.41) is 7.00. The molecular formula is C22H33FN4O. The van der Waals surface area contributed by atoms with Crippen molar-refractivity contribution >= 4 is 11.9 Å². The van der Waals surface area contributed by atoms with E-state index in [2.05, 4.69) is 15.6 Å². The van der Waals surface area contributed by atoms with E-state index in [0.29, 0.717) is 6.42 Å². The lowest BCUT2D eigenvalue weighted by atomic mass is 9.69. The van der Waals surface area contributed by atoms with Crippen LogP contribution in [0.25, 0.3) is 0 Å². The third kappa shape index (κ3) is 4.83. The zero-order valence-electron chi connectivity index (χ0n) is 17.1. The fourth-order valence-corrected chi connectivity index (χ4v) is 4.57. The normalized spacial score (nSPS) is 22.2. The van der Waals surface area contributed by atoms with Gasteiger partial charge in [0.2, 0.25) is 5.91 Å². The van der Waals surface area contributed by atoms with Crippen molar-refractivity contribution in [3.63, 3.8) is 0 Å². The minimum atomic E-state index is -0.187. The third-order valence-electron chi connectivity index (χ3n) is 6.27. The van der Waals surface area contributed by atoms with Crippen LogP contribution in [0, 0.1) is 5.82 Å². The predicted molar refractivity (Wildman–Crippen MR) is 111 cm³/mol. The maximum absolute atomic E-state index is 13.4. The van der Waals surface area contributed by atoms with Crippen LogP contribution in [0.5, 0.6) is 0 Å². The smallest absolute Gasteiger partial charge is 0.222 e. The minimum absolute atomic E-state index is 0.0173. The highest BCUT2D eigenvalue weighted by atomic mass is 19.1. The van der Waals surface area contributed by atoms with E-state index in [9.17, 15) is 9.18 Å². The number of benzene rings is 1. The average Bonchev–Trinajstić information content (AvgIpc) is 3.20. The van der Waals surface area contributed by atoms with Crippen LogP contribution in [0.15, 0.2) is 29.3 Å². The second-order valence-corrected chi connectivity index (χ2v) is 8.10. The number of aliphatic imine (C=N–C) groups is 1. The van der Waals surface area contributed by atoms with Crippen molar-refractivity contribution < 1.29 is 9.18 Å². The van der Waals surface area contributed by atoms with Gasteiger partial charge in [-0.2, -0.15) is 0 Å². The van der Waals surface area contributed by atoms with E-state index < -0.39 is 0 Å². The van der Waals surface area contributed by atoms with Gasteiger partial charge in [0, 0.05) is 44.6 Å². The van der Waals surface area contributed by atoms with E-state index in [1.54, 1.807) is 19.2 Å². The highest BCUT2D eigenvalue weighted by molar-refractivity contribution is 5.80. The monoisotopic (exact) mass is 388 g/mol. The minimum Gasteiger partial charge on any atom is -0.356 e. The topological polar surface area (TPSA) is 56.7 Å². The molecule has 154 valence electrons. The molecule has 0 bridgehead atoms. The summed E-state index contributed by atoms with van der Waals surface area (Å²) in [6.45, 7) is 4.22. The molecule has 1 heterocycles. The second kappa shape index (κ2) is 9.39. The molecule has 0 aromatic heterocycles. The lowest BCUT2D eigenvalue weighted by Crippen LogP contribution is -2.49. The Bertz CT molecular complexity index is 682. The Balaban J connectivity index is 1.62.